The summed E-state index contributed by atoms with van der Waals surface area (Å²) in [7, 11) is 5.31. The third-order valence-corrected chi connectivity index (χ3v) is 4.93. The summed E-state index contributed by atoms with van der Waals surface area (Å²) in [6.45, 7) is 2.42. The molecule has 0 spiro atoms. The van der Waals surface area contributed by atoms with Crippen LogP contribution in [0.1, 0.15) is 40.9 Å². The van der Waals surface area contributed by atoms with E-state index in [1.54, 1.807) is 12.3 Å². The van der Waals surface area contributed by atoms with Crippen molar-refractivity contribution in [2.45, 2.75) is 31.7 Å². The Kier molecular flexibility index (Phi) is 8.27. The summed E-state index contributed by atoms with van der Waals surface area (Å²) in [6, 6.07) is 10.3. The number of benzene rings is 1. The number of rotatable bonds is 9. The highest BCUT2D eigenvalue weighted by Gasteiger charge is 2.18. The number of halogens is 1. The van der Waals surface area contributed by atoms with Gasteiger partial charge in [-0.3, -0.25) is 14.6 Å². The predicted octanol–water partition coefficient (Wildman–Crippen LogP) is 2.36. The highest BCUT2D eigenvalue weighted by molar-refractivity contribution is 5.94. The maximum atomic E-state index is 14.2. The van der Waals surface area contributed by atoms with E-state index < -0.39 is 11.7 Å². The first-order valence-electron chi connectivity index (χ1n) is 9.66. The summed E-state index contributed by atoms with van der Waals surface area (Å²) in [5, 5.41) is 5.39. The number of nitrogens with zero attached hydrogens (tertiary/aromatic N) is 2. The number of hydrogen-bond donors (Lipinski definition) is 2. The van der Waals surface area contributed by atoms with E-state index in [9.17, 15) is 14.0 Å². The molecule has 1 aromatic heterocycles. The summed E-state index contributed by atoms with van der Waals surface area (Å²) in [5.74, 6) is -1.02. The molecule has 2 N–H and O–H groups in total. The topological polar surface area (TPSA) is 74.3 Å². The fourth-order valence-corrected chi connectivity index (χ4v) is 3.07. The van der Waals surface area contributed by atoms with Crippen LogP contribution in [-0.2, 0) is 11.2 Å². The lowest BCUT2D eigenvalue weighted by molar-refractivity contribution is -0.121. The molecule has 0 radical (unpaired) electrons. The van der Waals surface area contributed by atoms with Crippen molar-refractivity contribution in [1.82, 2.24) is 20.5 Å². The molecule has 1 heterocycles. The number of hydrogen-bond acceptors (Lipinski definition) is 4. The van der Waals surface area contributed by atoms with Gasteiger partial charge >= 0.3 is 0 Å². The number of likely N-dealkylation sites (N-methyl/N-ethyl adjacent to an activating group) is 1. The Morgan fingerprint density at radius 1 is 1.21 bits per heavy atom. The van der Waals surface area contributed by atoms with Crippen LogP contribution in [0.5, 0.6) is 0 Å². The summed E-state index contributed by atoms with van der Waals surface area (Å²) >= 11 is 0. The zero-order valence-corrected chi connectivity index (χ0v) is 17.4. The van der Waals surface area contributed by atoms with E-state index in [0.717, 1.165) is 11.3 Å². The molecule has 0 aliphatic rings. The van der Waals surface area contributed by atoms with Gasteiger partial charge in [0.1, 0.15) is 5.82 Å². The lowest BCUT2D eigenvalue weighted by atomic mass is 10.0. The lowest BCUT2D eigenvalue weighted by Gasteiger charge is -2.25. The Hall–Kier alpha value is -2.80. The molecule has 2 amide bonds. The van der Waals surface area contributed by atoms with Gasteiger partial charge in [-0.15, -0.1) is 0 Å². The van der Waals surface area contributed by atoms with Crippen molar-refractivity contribution in [3.05, 3.63) is 65.2 Å². The zero-order chi connectivity index (χ0) is 21.4. The first-order valence-corrected chi connectivity index (χ1v) is 9.66. The van der Waals surface area contributed by atoms with Crippen LogP contribution in [-0.4, -0.2) is 55.4 Å². The molecule has 0 aliphatic carbocycles. The van der Waals surface area contributed by atoms with Crippen LogP contribution in [0.2, 0.25) is 0 Å². The minimum atomic E-state index is -0.549. The fraction of sp³-hybridized carbons (Fsp3) is 0.409. The quantitative estimate of drug-likeness (QED) is 0.678. The van der Waals surface area contributed by atoms with Crippen molar-refractivity contribution in [2.75, 3.05) is 27.7 Å². The molecule has 0 bridgehead atoms. The van der Waals surface area contributed by atoms with Crippen LogP contribution in [0.3, 0.4) is 0 Å². The maximum absolute atomic E-state index is 14.2. The van der Waals surface area contributed by atoms with E-state index in [-0.39, 0.29) is 23.4 Å². The minimum Gasteiger partial charge on any atom is -0.355 e. The van der Waals surface area contributed by atoms with Gasteiger partial charge in [0.05, 0.1) is 5.56 Å². The van der Waals surface area contributed by atoms with Gasteiger partial charge in [-0.25, -0.2) is 4.39 Å². The smallest absolute Gasteiger partial charge is 0.253 e. The highest BCUT2D eigenvalue weighted by Crippen LogP contribution is 2.16. The number of amides is 2. The van der Waals surface area contributed by atoms with Crippen molar-refractivity contribution < 1.29 is 14.0 Å². The van der Waals surface area contributed by atoms with Crippen molar-refractivity contribution in [1.29, 1.82) is 0 Å². The molecule has 0 saturated heterocycles. The third kappa shape index (κ3) is 6.64. The van der Waals surface area contributed by atoms with Gasteiger partial charge in [0.25, 0.3) is 5.91 Å². The first kappa shape index (κ1) is 22.5. The summed E-state index contributed by atoms with van der Waals surface area (Å²) in [5.41, 5.74) is 1.68. The molecule has 0 unspecified atom stereocenters. The van der Waals surface area contributed by atoms with E-state index >= 15 is 0 Å². The Bertz CT molecular complexity index is 827. The molecule has 29 heavy (non-hydrogen) atoms. The molecular formula is C22H29FN4O2. The van der Waals surface area contributed by atoms with E-state index in [0.29, 0.717) is 19.4 Å². The van der Waals surface area contributed by atoms with Crippen molar-refractivity contribution in [3.8, 4) is 0 Å². The number of aromatic nitrogens is 1. The zero-order valence-electron chi connectivity index (χ0n) is 17.4. The van der Waals surface area contributed by atoms with Gasteiger partial charge in [0, 0.05) is 43.9 Å². The Morgan fingerprint density at radius 3 is 2.55 bits per heavy atom. The van der Waals surface area contributed by atoms with E-state index in [1.165, 1.54) is 19.2 Å². The van der Waals surface area contributed by atoms with Gasteiger partial charge in [0.2, 0.25) is 5.91 Å². The number of pyridine rings is 1. The molecule has 2 atom stereocenters. The Balaban J connectivity index is 1.94. The SMILES string of the molecule is CNC(=O)c1ccc(C[C@@H](CNC(=O)C[C@H](C)c2ccccn2)N(C)C)cc1F. The largest absolute Gasteiger partial charge is 0.355 e. The van der Waals surface area contributed by atoms with Crippen LogP contribution < -0.4 is 10.6 Å². The molecule has 7 heteroatoms. The third-order valence-electron chi connectivity index (χ3n) is 4.93. The molecule has 0 fully saturated rings. The van der Waals surface area contributed by atoms with Gasteiger partial charge in [-0.1, -0.05) is 19.1 Å². The predicted molar refractivity (Wildman–Crippen MR) is 111 cm³/mol. The maximum Gasteiger partial charge on any atom is 0.253 e. The highest BCUT2D eigenvalue weighted by atomic mass is 19.1. The first-order chi connectivity index (χ1) is 13.8. The van der Waals surface area contributed by atoms with Crippen molar-refractivity contribution in [2.24, 2.45) is 0 Å². The minimum absolute atomic E-state index is 0.00522. The molecule has 2 aromatic rings. The normalized spacial score (nSPS) is 13.0. The average Bonchev–Trinajstić information content (AvgIpc) is 2.71. The fourth-order valence-electron chi connectivity index (χ4n) is 3.07. The Morgan fingerprint density at radius 2 is 1.97 bits per heavy atom. The second-order valence-electron chi connectivity index (χ2n) is 7.38. The van der Waals surface area contributed by atoms with Crippen molar-refractivity contribution >= 4 is 11.8 Å². The van der Waals surface area contributed by atoms with E-state index in [2.05, 4.69) is 15.6 Å². The molecule has 2 rings (SSSR count). The van der Waals surface area contributed by atoms with Crippen LogP contribution in [0, 0.1) is 5.82 Å². The standard InChI is InChI=1S/C22H29FN4O2/c1-15(20-7-5-6-10-25-20)11-21(28)26-14-17(27(3)4)12-16-8-9-18(19(23)13-16)22(29)24-2/h5-10,13,15,17H,11-12,14H2,1-4H3,(H,24,29)(H,26,28)/t15-,17-/m0/s1. The molecule has 0 aliphatic heterocycles. The van der Waals surface area contributed by atoms with Gasteiger partial charge in [0.15, 0.2) is 0 Å². The number of carbonyl (C=O) groups excluding carboxylic acids is 2. The Labute approximate surface area is 171 Å². The summed E-state index contributed by atoms with van der Waals surface area (Å²) in [4.78, 5) is 30.3. The molecular weight excluding hydrogens is 371 g/mol. The van der Waals surface area contributed by atoms with Crippen LogP contribution in [0.4, 0.5) is 4.39 Å². The monoisotopic (exact) mass is 400 g/mol. The van der Waals surface area contributed by atoms with E-state index in [4.69, 9.17) is 0 Å². The molecule has 1 aromatic carbocycles. The van der Waals surface area contributed by atoms with Crippen LogP contribution >= 0.6 is 0 Å². The molecule has 156 valence electrons. The van der Waals surface area contributed by atoms with Crippen LogP contribution in [0.25, 0.3) is 0 Å². The molecule has 6 nitrogen and oxygen atoms in total. The van der Waals surface area contributed by atoms with Gasteiger partial charge in [-0.05, 0) is 50.3 Å². The van der Waals surface area contributed by atoms with Crippen molar-refractivity contribution in [3.63, 3.8) is 0 Å². The van der Waals surface area contributed by atoms with Gasteiger partial charge in [-0.2, -0.15) is 0 Å². The second-order valence-corrected chi connectivity index (χ2v) is 7.38. The summed E-state index contributed by atoms with van der Waals surface area (Å²) < 4.78 is 14.2. The second kappa shape index (κ2) is 10.7. The number of carbonyl (C=O) groups is 2. The molecule has 0 saturated carbocycles. The van der Waals surface area contributed by atoms with Crippen LogP contribution in [0.15, 0.2) is 42.6 Å². The number of nitrogens with one attached hydrogen (secondary N) is 2. The van der Waals surface area contributed by atoms with E-state index in [1.807, 2.05) is 44.1 Å². The summed E-state index contributed by atoms with van der Waals surface area (Å²) in [6.07, 6.45) is 2.63. The van der Waals surface area contributed by atoms with Gasteiger partial charge < -0.3 is 15.5 Å². The average molecular weight is 400 g/mol. The lowest BCUT2D eigenvalue weighted by Crippen LogP contribution is -2.41.